The molecule has 0 bridgehead atoms. The van der Waals surface area contributed by atoms with Crippen LogP contribution in [0.5, 0.6) is 5.75 Å². The number of phenols is 1. The normalized spacial score (nSPS) is 18.1. The number of aryl methyl sites for hydroxylation is 2. The number of unbranched alkanes of at least 4 members (excludes halogenated alkanes) is 3. The van der Waals surface area contributed by atoms with Crippen molar-refractivity contribution in [2.45, 2.75) is 64.2 Å². The van der Waals surface area contributed by atoms with Gasteiger partial charge in [0.15, 0.2) is 0 Å². The van der Waals surface area contributed by atoms with Crippen LogP contribution in [0, 0.1) is 0 Å². The van der Waals surface area contributed by atoms with Crippen molar-refractivity contribution in [3.8, 4) is 5.75 Å². The zero-order valence-corrected chi connectivity index (χ0v) is 11.8. The fourth-order valence-corrected chi connectivity index (χ4v) is 3.01. The smallest absolute Gasteiger partial charge is 0.127 e. The van der Waals surface area contributed by atoms with E-state index in [1.807, 2.05) is 6.07 Å². The molecule has 0 saturated carbocycles. The van der Waals surface area contributed by atoms with E-state index in [9.17, 15) is 9.90 Å². The first-order valence-electron chi connectivity index (χ1n) is 7.56. The quantitative estimate of drug-likeness (QED) is 0.616. The Morgan fingerprint density at radius 2 is 2.16 bits per heavy atom. The zero-order chi connectivity index (χ0) is 13.7. The maximum Gasteiger partial charge on any atom is 0.127 e. The lowest BCUT2D eigenvalue weighted by Gasteiger charge is -2.22. The molecule has 0 fully saturated rings. The number of carbonyl (C=O) groups is 1. The number of phenolic OH excluding ortho intramolecular Hbond substituents is 1. The molecule has 1 aromatic rings. The van der Waals surface area contributed by atoms with Gasteiger partial charge in [-0.05, 0) is 54.9 Å². The van der Waals surface area contributed by atoms with Crippen LogP contribution in [-0.4, -0.2) is 11.4 Å². The van der Waals surface area contributed by atoms with E-state index in [0.717, 1.165) is 49.5 Å². The molecule has 1 aromatic carbocycles. The number of hydrogen-bond donors (Lipinski definition) is 1. The molecule has 2 rings (SSSR count). The van der Waals surface area contributed by atoms with Crippen molar-refractivity contribution in [1.29, 1.82) is 0 Å². The van der Waals surface area contributed by atoms with Gasteiger partial charge in [0.05, 0.1) is 0 Å². The van der Waals surface area contributed by atoms with Crippen LogP contribution in [0.2, 0.25) is 0 Å². The Hall–Kier alpha value is -1.31. The van der Waals surface area contributed by atoms with Gasteiger partial charge in [0.2, 0.25) is 0 Å². The molecule has 2 heteroatoms. The molecule has 1 unspecified atom stereocenters. The van der Waals surface area contributed by atoms with E-state index in [1.165, 1.54) is 24.8 Å². The van der Waals surface area contributed by atoms with Gasteiger partial charge in [-0.15, -0.1) is 0 Å². The predicted octanol–water partition coefficient (Wildman–Crippen LogP) is 4.13. The van der Waals surface area contributed by atoms with Crippen LogP contribution in [0.4, 0.5) is 0 Å². The molecule has 0 amide bonds. The number of hydrogen-bond acceptors (Lipinski definition) is 2. The van der Waals surface area contributed by atoms with Crippen molar-refractivity contribution < 1.29 is 9.90 Å². The minimum atomic E-state index is -0.0104. The molecule has 0 radical (unpaired) electrons. The van der Waals surface area contributed by atoms with Crippen molar-refractivity contribution in [3.63, 3.8) is 0 Å². The summed E-state index contributed by atoms with van der Waals surface area (Å²) in [5, 5.41) is 10.1. The van der Waals surface area contributed by atoms with E-state index in [2.05, 4.69) is 13.0 Å². The van der Waals surface area contributed by atoms with Gasteiger partial charge in [-0.1, -0.05) is 32.3 Å². The molecular formula is C17H24O2. The highest BCUT2D eigenvalue weighted by Gasteiger charge is 2.21. The second-order valence-electron chi connectivity index (χ2n) is 5.63. The van der Waals surface area contributed by atoms with Gasteiger partial charge < -0.3 is 9.90 Å². The van der Waals surface area contributed by atoms with Crippen molar-refractivity contribution in [2.24, 2.45) is 0 Å². The number of rotatable bonds is 6. The Bertz CT molecular complexity index is 437. The van der Waals surface area contributed by atoms with E-state index in [0.29, 0.717) is 5.75 Å². The van der Waals surface area contributed by atoms with Crippen molar-refractivity contribution in [3.05, 3.63) is 28.8 Å². The van der Waals surface area contributed by atoms with Crippen LogP contribution in [0.3, 0.4) is 0 Å². The van der Waals surface area contributed by atoms with Crippen molar-refractivity contribution in [1.82, 2.24) is 0 Å². The lowest BCUT2D eigenvalue weighted by molar-refractivity contribution is -0.109. The van der Waals surface area contributed by atoms with Gasteiger partial charge >= 0.3 is 0 Å². The highest BCUT2D eigenvalue weighted by molar-refractivity contribution is 5.65. The summed E-state index contributed by atoms with van der Waals surface area (Å²) in [7, 11) is 0. The van der Waals surface area contributed by atoms with E-state index in [4.69, 9.17) is 0 Å². The Morgan fingerprint density at radius 3 is 2.89 bits per heavy atom. The molecule has 0 saturated heterocycles. The monoisotopic (exact) mass is 260 g/mol. The lowest BCUT2D eigenvalue weighted by Crippen LogP contribution is -2.11. The highest BCUT2D eigenvalue weighted by atomic mass is 16.3. The van der Waals surface area contributed by atoms with Gasteiger partial charge in [-0.25, -0.2) is 0 Å². The molecule has 104 valence electrons. The number of aromatic hydroxyl groups is 1. The van der Waals surface area contributed by atoms with E-state index in [-0.39, 0.29) is 5.92 Å². The lowest BCUT2D eigenvalue weighted by atomic mass is 9.82. The van der Waals surface area contributed by atoms with Crippen LogP contribution in [-0.2, 0) is 17.6 Å². The van der Waals surface area contributed by atoms with Gasteiger partial charge in [-0.2, -0.15) is 0 Å². The summed E-state index contributed by atoms with van der Waals surface area (Å²) in [5.41, 5.74) is 3.38. The third kappa shape index (κ3) is 3.37. The van der Waals surface area contributed by atoms with Crippen LogP contribution < -0.4 is 0 Å². The van der Waals surface area contributed by atoms with Gasteiger partial charge in [-0.3, -0.25) is 0 Å². The number of carbonyl (C=O) groups excluding carboxylic acids is 1. The molecule has 1 aliphatic rings. The molecule has 1 N–H and O–H groups in total. The van der Waals surface area contributed by atoms with Crippen LogP contribution in [0.25, 0.3) is 0 Å². The molecule has 2 nitrogen and oxygen atoms in total. The largest absolute Gasteiger partial charge is 0.508 e. The first kappa shape index (κ1) is 14.1. The van der Waals surface area contributed by atoms with Crippen LogP contribution in [0.15, 0.2) is 12.1 Å². The average molecular weight is 260 g/mol. The van der Waals surface area contributed by atoms with Crippen LogP contribution >= 0.6 is 0 Å². The minimum absolute atomic E-state index is 0.0104. The van der Waals surface area contributed by atoms with Gasteiger partial charge in [0.25, 0.3) is 0 Å². The predicted molar refractivity (Wildman–Crippen MR) is 77.7 cm³/mol. The summed E-state index contributed by atoms with van der Waals surface area (Å²) in [4.78, 5) is 11.1. The molecule has 1 atom stereocenters. The highest BCUT2D eigenvalue weighted by Crippen LogP contribution is 2.35. The summed E-state index contributed by atoms with van der Waals surface area (Å²) in [6.07, 6.45) is 9.88. The summed E-state index contributed by atoms with van der Waals surface area (Å²) in [6, 6.07) is 3.97. The number of aldehydes is 1. The number of benzene rings is 1. The standard InChI is InChI=1S/C17H24O2/c1-2-3-4-5-7-14-10-13-8-6-9-15(12-18)16(13)11-17(14)19/h10-12,15,19H,2-9H2,1H3. The Labute approximate surface area is 115 Å². The third-order valence-corrected chi connectivity index (χ3v) is 4.17. The minimum Gasteiger partial charge on any atom is -0.508 e. The third-order valence-electron chi connectivity index (χ3n) is 4.17. The Balaban J connectivity index is 2.12. The van der Waals surface area contributed by atoms with Gasteiger partial charge in [0.1, 0.15) is 12.0 Å². The first-order valence-corrected chi connectivity index (χ1v) is 7.56. The van der Waals surface area contributed by atoms with Crippen LogP contribution in [0.1, 0.15) is 68.1 Å². The average Bonchev–Trinajstić information content (AvgIpc) is 2.43. The second-order valence-corrected chi connectivity index (χ2v) is 5.63. The van der Waals surface area contributed by atoms with E-state index >= 15 is 0 Å². The maximum absolute atomic E-state index is 11.1. The van der Waals surface area contributed by atoms with E-state index in [1.54, 1.807) is 0 Å². The Kier molecular flexibility index (Phi) is 5.00. The Morgan fingerprint density at radius 1 is 1.32 bits per heavy atom. The molecule has 1 aliphatic carbocycles. The number of fused-ring (bicyclic) bond motifs is 1. The molecular weight excluding hydrogens is 236 g/mol. The summed E-state index contributed by atoms with van der Waals surface area (Å²) >= 11 is 0. The molecule has 0 aliphatic heterocycles. The van der Waals surface area contributed by atoms with E-state index < -0.39 is 0 Å². The first-order chi connectivity index (χ1) is 9.26. The summed E-state index contributed by atoms with van der Waals surface area (Å²) in [6.45, 7) is 2.20. The van der Waals surface area contributed by atoms with Crippen molar-refractivity contribution in [2.75, 3.05) is 0 Å². The van der Waals surface area contributed by atoms with Crippen molar-refractivity contribution >= 4 is 6.29 Å². The SMILES string of the molecule is CCCCCCc1cc2c(cc1O)C(C=O)CCC2. The molecule has 0 heterocycles. The summed E-state index contributed by atoms with van der Waals surface area (Å²) < 4.78 is 0. The van der Waals surface area contributed by atoms with Gasteiger partial charge in [0, 0.05) is 5.92 Å². The molecule has 19 heavy (non-hydrogen) atoms. The fourth-order valence-electron chi connectivity index (χ4n) is 3.01. The topological polar surface area (TPSA) is 37.3 Å². The fraction of sp³-hybridized carbons (Fsp3) is 0.588. The molecule has 0 aromatic heterocycles. The second kappa shape index (κ2) is 6.74. The zero-order valence-electron chi connectivity index (χ0n) is 11.8. The maximum atomic E-state index is 11.1. The molecule has 0 spiro atoms. The summed E-state index contributed by atoms with van der Waals surface area (Å²) in [5.74, 6) is 0.368.